The molecule has 0 spiro atoms. The summed E-state index contributed by atoms with van der Waals surface area (Å²) in [5.74, 6) is -4.35. The van der Waals surface area contributed by atoms with E-state index in [-0.39, 0.29) is 24.5 Å². The Morgan fingerprint density at radius 1 is 1.14 bits per heavy atom. The van der Waals surface area contributed by atoms with Crippen molar-refractivity contribution in [2.75, 3.05) is 0 Å². The summed E-state index contributed by atoms with van der Waals surface area (Å²) in [6.07, 6.45) is -2.54. The van der Waals surface area contributed by atoms with Gasteiger partial charge < -0.3 is 28.8 Å². The van der Waals surface area contributed by atoms with Crippen molar-refractivity contribution in [2.24, 2.45) is 17.3 Å². The second kappa shape index (κ2) is 8.94. The molecule has 2 heterocycles. The molecule has 2 saturated heterocycles. The van der Waals surface area contributed by atoms with Gasteiger partial charge in [-0.25, -0.2) is 14.4 Å². The van der Waals surface area contributed by atoms with Gasteiger partial charge in [-0.2, -0.15) is 0 Å². The molecule has 0 aromatic heterocycles. The van der Waals surface area contributed by atoms with Gasteiger partial charge in [-0.15, -0.1) is 0 Å². The lowest BCUT2D eigenvalue weighted by atomic mass is 9.49. The second-order valence-electron chi connectivity index (χ2n) is 11.3. The van der Waals surface area contributed by atoms with Gasteiger partial charge in [0.2, 0.25) is 0 Å². The monoisotopic (exact) mass is 520 g/mol. The van der Waals surface area contributed by atoms with Crippen molar-refractivity contribution in [3.05, 3.63) is 23.8 Å². The zero-order chi connectivity index (χ0) is 27.7. The van der Waals surface area contributed by atoms with Crippen LogP contribution in [-0.2, 0) is 42.9 Å². The molecule has 0 aromatic carbocycles. The number of carbonyl (C=O) groups excluding carboxylic acids is 4. The Morgan fingerprint density at radius 2 is 1.76 bits per heavy atom. The Hall–Kier alpha value is -2.72. The van der Waals surface area contributed by atoms with Gasteiger partial charge in [0.25, 0.3) is 0 Å². The van der Waals surface area contributed by atoms with Crippen LogP contribution < -0.4 is 0 Å². The maximum absolute atomic E-state index is 13.3. The minimum absolute atomic E-state index is 0.0500. The molecule has 10 nitrogen and oxygen atoms in total. The van der Waals surface area contributed by atoms with Gasteiger partial charge in [0.05, 0.1) is 23.0 Å². The molecule has 2 aliphatic carbocycles. The van der Waals surface area contributed by atoms with Crippen molar-refractivity contribution in [1.82, 2.24) is 0 Å². The summed E-state index contributed by atoms with van der Waals surface area (Å²) in [7, 11) is 0. The maximum atomic E-state index is 13.3. The lowest BCUT2D eigenvalue weighted by molar-refractivity contribution is -0.279. The number of aliphatic hydroxyl groups is 1. The Morgan fingerprint density at radius 3 is 2.30 bits per heavy atom. The lowest BCUT2D eigenvalue weighted by Gasteiger charge is -2.61. The first-order valence-corrected chi connectivity index (χ1v) is 12.6. The number of hydrogen-bond donors (Lipinski definition) is 1. The third-order valence-corrected chi connectivity index (χ3v) is 8.89. The summed E-state index contributed by atoms with van der Waals surface area (Å²) in [6.45, 7) is 15.1. The van der Waals surface area contributed by atoms with Gasteiger partial charge in [-0.1, -0.05) is 19.6 Å². The van der Waals surface area contributed by atoms with E-state index in [0.717, 1.165) is 0 Å². The van der Waals surface area contributed by atoms with Crippen LogP contribution in [0.1, 0.15) is 61.3 Å². The number of allylic oxidation sites excluding steroid dienone is 1. The normalized spacial score (nSPS) is 44.8. The molecule has 2 aliphatic heterocycles. The van der Waals surface area contributed by atoms with Gasteiger partial charge in [-0.3, -0.25) is 4.79 Å². The number of hydrogen-bond acceptors (Lipinski definition) is 10. The van der Waals surface area contributed by atoms with E-state index in [4.69, 9.17) is 23.7 Å². The van der Waals surface area contributed by atoms with Crippen molar-refractivity contribution in [3.63, 3.8) is 0 Å². The fraction of sp³-hybridized carbons (Fsp3) is 0.704. The van der Waals surface area contributed by atoms with Gasteiger partial charge >= 0.3 is 23.9 Å². The Balaban J connectivity index is 1.90. The molecule has 10 heteroatoms. The third kappa shape index (κ3) is 4.18. The van der Waals surface area contributed by atoms with Gasteiger partial charge in [0.1, 0.15) is 18.3 Å². The summed E-state index contributed by atoms with van der Waals surface area (Å²) >= 11 is 0. The van der Waals surface area contributed by atoms with Crippen LogP contribution in [0.2, 0.25) is 0 Å². The summed E-state index contributed by atoms with van der Waals surface area (Å²) in [4.78, 5) is 51.3. The predicted molar refractivity (Wildman–Crippen MR) is 128 cm³/mol. The average Bonchev–Trinajstić information content (AvgIpc) is 3.33. The number of ether oxygens (including phenoxy) is 5. The van der Waals surface area contributed by atoms with E-state index in [1.54, 1.807) is 47.6 Å². The summed E-state index contributed by atoms with van der Waals surface area (Å²) in [5.41, 5.74) is -3.53. The summed E-state index contributed by atoms with van der Waals surface area (Å²) in [6, 6.07) is 0. The Bertz CT molecular complexity index is 1080. The SMILES string of the molecule is C=C1C(=O)O[C@@H]2[C@H]1[C@H](OC(=O)[C@@]1(C)O[C@H]1C)[C@@H](OC(=O)/C(C)=C/C)[C@]1(C)[C@@H]2[C@@](C)(O)CC[C@H]1OC(C)=O. The second-order valence-corrected chi connectivity index (χ2v) is 11.3. The molecule has 10 atom stereocenters. The van der Waals surface area contributed by atoms with Gasteiger partial charge in [0, 0.05) is 24.0 Å². The summed E-state index contributed by atoms with van der Waals surface area (Å²) < 4.78 is 29.0. The Kier molecular flexibility index (Phi) is 6.60. The number of rotatable bonds is 5. The minimum Gasteiger partial charge on any atom is -0.462 e. The highest BCUT2D eigenvalue weighted by atomic mass is 16.7. The van der Waals surface area contributed by atoms with Gasteiger partial charge in [-0.05, 0) is 47.5 Å². The fourth-order valence-corrected chi connectivity index (χ4v) is 6.47. The molecule has 0 bridgehead atoms. The number of epoxide rings is 1. The number of fused-ring (bicyclic) bond motifs is 3. The van der Waals surface area contributed by atoms with Crippen LogP contribution in [0.15, 0.2) is 23.8 Å². The molecule has 0 radical (unpaired) electrons. The fourth-order valence-electron chi connectivity index (χ4n) is 6.47. The topological polar surface area (TPSA) is 138 Å². The van der Waals surface area contributed by atoms with E-state index < -0.39 is 76.7 Å². The summed E-state index contributed by atoms with van der Waals surface area (Å²) in [5, 5.41) is 11.6. The first-order valence-electron chi connectivity index (χ1n) is 12.6. The largest absolute Gasteiger partial charge is 0.462 e. The van der Waals surface area contributed by atoms with Crippen molar-refractivity contribution < 1.29 is 48.0 Å². The molecule has 0 aromatic rings. The van der Waals surface area contributed by atoms with E-state index in [0.29, 0.717) is 5.57 Å². The van der Waals surface area contributed by atoms with Crippen LogP contribution in [0.5, 0.6) is 0 Å². The molecule has 1 N–H and O–H groups in total. The van der Waals surface area contributed by atoms with E-state index in [2.05, 4.69) is 6.58 Å². The lowest BCUT2D eigenvalue weighted by Crippen LogP contribution is -2.72. The Labute approximate surface area is 216 Å². The standard InChI is InChI=1S/C27H36O10/c1-9-12(2)22(29)36-21-19(35-24(31)27(8)14(4)37-27)17-13(3)23(30)34-18(17)20-25(6,32)11-10-16(26(20,21)7)33-15(5)28/h9,14,16-21,32H,3,10-11H2,1-2,4-8H3/b12-9+/t14-,16+,17-,18+,19-,20-,21+,25-,26-,27-/m0/s1. The van der Waals surface area contributed by atoms with E-state index >= 15 is 0 Å². The number of esters is 4. The van der Waals surface area contributed by atoms with Crippen LogP contribution in [-0.4, -0.2) is 70.7 Å². The van der Waals surface area contributed by atoms with E-state index in [9.17, 15) is 24.3 Å². The first-order chi connectivity index (χ1) is 17.1. The van der Waals surface area contributed by atoms with Crippen LogP contribution in [0.4, 0.5) is 0 Å². The minimum atomic E-state index is -1.39. The maximum Gasteiger partial charge on any atom is 0.341 e. The molecular weight excluding hydrogens is 484 g/mol. The van der Waals surface area contributed by atoms with Crippen molar-refractivity contribution in [1.29, 1.82) is 0 Å². The highest BCUT2D eigenvalue weighted by Gasteiger charge is 2.73. The zero-order valence-corrected chi connectivity index (χ0v) is 22.4. The van der Waals surface area contributed by atoms with Crippen LogP contribution in [0, 0.1) is 17.3 Å². The molecule has 204 valence electrons. The molecule has 4 aliphatic rings. The third-order valence-electron chi connectivity index (χ3n) is 8.89. The van der Waals surface area contributed by atoms with Crippen molar-refractivity contribution in [3.8, 4) is 0 Å². The predicted octanol–water partition coefficient (Wildman–Crippen LogP) is 2.16. The molecule has 0 unspecified atom stereocenters. The van der Waals surface area contributed by atoms with Crippen molar-refractivity contribution in [2.45, 2.75) is 103 Å². The highest BCUT2D eigenvalue weighted by molar-refractivity contribution is 5.92. The smallest absolute Gasteiger partial charge is 0.341 e. The highest BCUT2D eigenvalue weighted by Crippen LogP contribution is 2.61. The molecule has 4 fully saturated rings. The number of carbonyl (C=O) groups is 4. The van der Waals surface area contributed by atoms with E-state index in [1.165, 1.54) is 6.92 Å². The molecule has 37 heavy (non-hydrogen) atoms. The molecule has 2 saturated carbocycles. The molecular formula is C27H36O10. The van der Waals surface area contributed by atoms with E-state index in [1.807, 2.05) is 0 Å². The average molecular weight is 521 g/mol. The molecule has 4 rings (SSSR count). The quantitative estimate of drug-likeness (QED) is 0.248. The van der Waals surface area contributed by atoms with Crippen LogP contribution in [0.25, 0.3) is 0 Å². The molecule has 0 amide bonds. The first kappa shape index (κ1) is 27.3. The van der Waals surface area contributed by atoms with Crippen LogP contribution in [0.3, 0.4) is 0 Å². The van der Waals surface area contributed by atoms with Crippen molar-refractivity contribution >= 4 is 23.9 Å². The zero-order valence-electron chi connectivity index (χ0n) is 22.4. The van der Waals surface area contributed by atoms with Gasteiger partial charge in [0.15, 0.2) is 11.7 Å². The van der Waals surface area contributed by atoms with Crippen LogP contribution >= 0.6 is 0 Å².